The molecule has 0 spiro atoms. The molecule has 0 radical (unpaired) electrons. The summed E-state index contributed by atoms with van der Waals surface area (Å²) in [4.78, 5) is 2.27. The highest BCUT2D eigenvalue weighted by molar-refractivity contribution is 5.40. The van der Waals surface area contributed by atoms with Gasteiger partial charge in [-0.3, -0.25) is 0 Å². The number of halogens is 3. The molecule has 0 aromatic heterocycles. The monoisotopic (exact) mass is 332 g/mol. The molecule has 0 unspecified atom stereocenters. The number of rotatable bonds is 6. The van der Waals surface area contributed by atoms with Gasteiger partial charge < -0.3 is 19.7 Å². The summed E-state index contributed by atoms with van der Waals surface area (Å²) >= 11 is 0. The Morgan fingerprint density at radius 3 is 2.57 bits per heavy atom. The van der Waals surface area contributed by atoms with Crippen LogP contribution in [0.4, 0.5) is 13.2 Å². The van der Waals surface area contributed by atoms with E-state index in [-0.39, 0.29) is 5.75 Å². The van der Waals surface area contributed by atoms with Crippen molar-refractivity contribution in [2.75, 3.05) is 26.7 Å². The maximum absolute atomic E-state index is 12.4. The lowest BCUT2D eigenvalue weighted by Gasteiger charge is -2.29. The van der Waals surface area contributed by atoms with Crippen molar-refractivity contribution in [2.45, 2.75) is 38.7 Å². The van der Waals surface area contributed by atoms with E-state index in [1.807, 2.05) is 6.92 Å². The van der Waals surface area contributed by atoms with Crippen LogP contribution in [0.2, 0.25) is 0 Å². The van der Waals surface area contributed by atoms with Crippen molar-refractivity contribution in [1.29, 1.82) is 0 Å². The molecular formula is C16H23F3N2O2. The average molecular weight is 332 g/mol. The molecular weight excluding hydrogens is 309 g/mol. The highest BCUT2D eigenvalue weighted by Crippen LogP contribution is 2.28. The lowest BCUT2D eigenvalue weighted by Crippen LogP contribution is -2.40. The van der Waals surface area contributed by atoms with E-state index in [1.54, 1.807) is 0 Å². The Kier molecular flexibility index (Phi) is 6.12. The molecule has 7 heteroatoms. The van der Waals surface area contributed by atoms with Gasteiger partial charge >= 0.3 is 6.36 Å². The van der Waals surface area contributed by atoms with Crippen LogP contribution in [0.3, 0.4) is 0 Å². The number of likely N-dealkylation sites (tertiary alicyclic amines) is 1. The minimum absolute atomic E-state index is 0.221. The van der Waals surface area contributed by atoms with Crippen LogP contribution in [0.25, 0.3) is 0 Å². The normalized spacial score (nSPS) is 17.3. The number of ether oxygens (including phenoxy) is 2. The lowest BCUT2D eigenvalue weighted by molar-refractivity contribution is -0.274. The largest absolute Gasteiger partial charge is 0.573 e. The Balaban J connectivity index is 2.03. The minimum Gasteiger partial charge on any atom is -0.494 e. The molecule has 4 nitrogen and oxygen atoms in total. The van der Waals surface area contributed by atoms with Crippen molar-refractivity contribution in [3.63, 3.8) is 0 Å². The van der Waals surface area contributed by atoms with Crippen LogP contribution in [-0.2, 0) is 6.54 Å². The predicted molar refractivity (Wildman–Crippen MR) is 81.7 cm³/mol. The summed E-state index contributed by atoms with van der Waals surface area (Å²) in [6.07, 6.45) is -2.63. The van der Waals surface area contributed by atoms with Gasteiger partial charge in [-0.05, 0) is 58.1 Å². The number of hydrogen-bond donors (Lipinski definition) is 1. The van der Waals surface area contributed by atoms with Gasteiger partial charge in [-0.25, -0.2) is 0 Å². The van der Waals surface area contributed by atoms with Crippen molar-refractivity contribution < 1.29 is 22.6 Å². The van der Waals surface area contributed by atoms with Crippen LogP contribution in [0, 0.1) is 0 Å². The van der Waals surface area contributed by atoms with Gasteiger partial charge in [-0.1, -0.05) is 0 Å². The number of nitrogens with zero attached hydrogens (tertiary/aromatic N) is 1. The van der Waals surface area contributed by atoms with Crippen LogP contribution < -0.4 is 14.8 Å². The highest BCUT2D eigenvalue weighted by Gasteiger charge is 2.31. The number of piperidine rings is 1. The van der Waals surface area contributed by atoms with Gasteiger partial charge in [-0.15, -0.1) is 13.2 Å². The first-order valence-electron chi connectivity index (χ1n) is 7.81. The van der Waals surface area contributed by atoms with Gasteiger partial charge in [0.25, 0.3) is 0 Å². The zero-order chi connectivity index (χ0) is 16.9. The maximum Gasteiger partial charge on any atom is 0.573 e. The van der Waals surface area contributed by atoms with Crippen LogP contribution in [0.15, 0.2) is 18.2 Å². The number of benzene rings is 1. The van der Waals surface area contributed by atoms with E-state index in [9.17, 15) is 13.2 Å². The van der Waals surface area contributed by atoms with Crippen molar-refractivity contribution in [3.8, 4) is 11.5 Å². The molecule has 0 atom stereocenters. The fourth-order valence-electron chi connectivity index (χ4n) is 2.65. The van der Waals surface area contributed by atoms with Gasteiger partial charge in [0.2, 0.25) is 0 Å². The van der Waals surface area contributed by atoms with E-state index < -0.39 is 6.36 Å². The molecule has 1 N–H and O–H groups in total. The SMILES string of the molecule is CCOc1ccc(OC(F)(F)F)cc1CNC1CCN(C)CC1. The average Bonchev–Trinajstić information content (AvgIpc) is 2.47. The van der Waals surface area contributed by atoms with Gasteiger partial charge in [-0.2, -0.15) is 0 Å². The third kappa shape index (κ3) is 5.91. The number of nitrogens with one attached hydrogen (secondary N) is 1. The standard InChI is InChI=1S/C16H23F3N2O2/c1-3-22-15-5-4-14(23-16(17,18)19)10-12(15)11-20-13-6-8-21(2)9-7-13/h4-5,10,13,20H,3,6-9,11H2,1-2H3. The molecule has 1 aromatic rings. The molecule has 1 aliphatic rings. The summed E-state index contributed by atoms with van der Waals surface area (Å²) in [5, 5.41) is 3.40. The Hall–Kier alpha value is -1.47. The molecule has 2 rings (SSSR count). The lowest BCUT2D eigenvalue weighted by atomic mass is 10.0. The van der Waals surface area contributed by atoms with Gasteiger partial charge in [0.15, 0.2) is 0 Å². The molecule has 1 aromatic carbocycles. The molecule has 23 heavy (non-hydrogen) atoms. The zero-order valence-electron chi connectivity index (χ0n) is 13.4. The molecule has 0 saturated carbocycles. The second-order valence-electron chi connectivity index (χ2n) is 5.71. The topological polar surface area (TPSA) is 33.7 Å². The van der Waals surface area contributed by atoms with Crippen LogP contribution in [0.1, 0.15) is 25.3 Å². The summed E-state index contributed by atoms with van der Waals surface area (Å²) in [6, 6.07) is 4.56. The third-order valence-corrected chi connectivity index (χ3v) is 3.87. The van der Waals surface area contributed by atoms with E-state index in [0.29, 0.717) is 30.5 Å². The molecule has 0 aliphatic carbocycles. The van der Waals surface area contributed by atoms with Crippen LogP contribution in [0.5, 0.6) is 11.5 Å². The molecule has 1 saturated heterocycles. The molecule has 130 valence electrons. The van der Waals surface area contributed by atoms with E-state index in [0.717, 1.165) is 25.9 Å². The third-order valence-electron chi connectivity index (χ3n) is 3.87. The Bertz CT molecular complexity index is 501. The maximum atomic E-state index is 12.4. The minimum atomic E-state index is -4.69. The van der Waals surface area contributed by atoms with Crippen molar-refractivity contribution in [3.05, 3.63) is 23.8 Å². The molecule has 1 heterocycles. The van der Waals surface area contributed by atoms with Crippen LogP contribution in [-0.4, -0.2) is 44.0 Å². The summed E-state index contributed by atoms with van der Waals surface area (Å²) < 4.78 is 46.6. The first kappa shape index (κ1) is 17.9. The predicted octanol–water partition coefficient (Wildman–Crippen LogP) is 3.17. The van der Waals surface area contributed by atoms with E-state index in [4.69, 9.17) is 4.74 Å². The van der Waals surface area contributed by atoms with Crippen molar-refractivity contribution in [1.82, 2.24) is 10.2 Å². The van der Waals surface area contributed by atoms with E-state index in [1.165, 1.54) is 18.2 Å². The summed E-state index contributed by atoms with van der Waals surface area (Å²) in [6.45, 7) is 4.80. The van der Waals surface area contributed by atoms with Crippen molar-refractivity contribution >= 4 is 0 Å². The Labute approximate surface area is 134 Å². The Morgan fingerprint density at radius 1 is 1.26 bits per heavy atom. The molecule has 0 bridgehead atoms. The fraction of sp³-hybridized carbons (Fsp3) is 0.625. The van der Waals surface area contributed by atoms with Crippen LogP contribution >= 0.6 is 0 Å². The highest BCUT2D eigenvalue weighted by atomic mass is 19.4. The number of alkyl halides is 3. The first-order valence-corrected chi connectivity index (χ1v) is 7.81. The Morgan fingerprint density at radius 2 is 1.96 bits per heavy atom. The molecule has 0 amide bonds. The molecule has 1 aliphatic heterocycles. The quantitative estimate of drug-likeness (QED) is 0.868. The van der Waals surface area contributed by atoms with Crippen molar-refractivity contribution in [2.24, 2.45) is 0 Å². The second kappa shape index (κ2) is 7.88. The van der Waals surface area contributed by atoms with Gasteiger partial charge in [0.1, 0.15) is 11.5 Å². The summed E-state index contributed by atoms with van der Waals surface area (Å²) in [5.74, 6) is 0.364. The van der Waals surface area contributed by atoms with E-state index in [2.05, 4.69) is 22.0 Å². The van der Waals surface area contributed by atoms with E-state index >= 15 is 0 Å². The summed E-state index contributed by atoms with van der Waals surface area (Å²) in [7, 11) is 2.08. The zero-order valence-corrected chi connectivity index (χ0v) is 13.4. The van der Waals surface area contributed by atoms with Gasteiger partial charge in [0, 0.05) is 18.2 Å². The smallest absolute Gasteiger partial charge is 0.494 e. The second-order valence-corrected chi connectivity index (χ2v) is 5.71. The first-order chi connectivity index (χ1) is 10.9. The fourth-order valence-corrected chi connectivity index (χ4v) is 2.65. The molecule has 1 fully saturated rings. The number of hydrogen-bond acceptors (Lipinski definition) is 4. The van der Waals surface area contributed by atoms with Gasteiger partial charge in [0.05, 0.1) is 6.61 Å². The summed E-state index contributed by atoms with van der Waals surface area (Å²) in [5.41, 5.74) is 0.674.